The summed E-state index contributed by atoms with van der Waals surface area (Å²) in [4.78, 5) is 24.6. The summed E-state index contributed by atoms with van der Waals surface area (Å²) in [5.41, 5.74) is 1.06. The Morgan fingerprint density at radius 2 is 2.24 bits per heavy atom. The number of amides is 1. The third-order valence-corrected chi connectivity index (χ3v) is 3.44. The summed E-state index contributed by atoms with van der Waals surface area (Å²) in [7, 11) is 0. The van der Waals surface area contributed by atoms with Gasteiger partial charge in [0, 0.05) is 18.1 Å². The number of nitrogens with zero attached hydrogens (tertiary/aromatic N) is 3. The lowest BCUT2D eigenvalue weighted by Crippen LogP contribution is -2.31. The molecule has 1 saturated carbocycles. The van der Waals surface area contributed by atoms with E-state index in [1.807, 2.05) is 13.0 Å². The standard InChI is InChI=1S/C15H15FN4O/c1-9-4-5-18-14(19-9)13(10-2-3-10)20-15(21)11-6-12(16)8-17-7-11/h4-8,10,13H,2-3H2,1H3,(H,20,21). The minimum Gasteiger partial charge on any atom is -0.342 e. The van der Waals surface area contributed by atoms with Crippen molar-refractivity contribution < 1.29 is 9.18 Å². The number of carbonyl (C=O) groups is 1. The van der Waals surface area contributed by atoms with Crippen molar-refractivity contribution in [2.75, 3.05) is 0 Å². The third kappa shape index (κ3) is 3.21. The van der Waals surface area contributed by atoms with Crippen LogP contribution in [-0.4, -0.2) is 20.9 Å². The second-order valence-electron chi connectivity index (χ2n) is 5.24. The lowest BCUT2D eigenvalue weighted by atomic mass is 10.1. The first-order valence-electron chi connectivity index (χ1n) is 6.84. The van der Waals surface area contributed by atoms with Crippen LogP contribution in [0.5, 0.6) is 0 Å². The minimum atomic E-state index is -0.530. The maximum Gasteiger partial charge on any atom is 0.253 e. The highest BCUT2D eigenvalue weighted by Gasteiger charge is 2.35. The summed E-state index contributed by atoms with van der Waals surface area (Å²) >= 11 is 0. The summed E-state index contributed by atoms with van der Waals surface area (Å²) in [6.45, 7) is 1.88. The van der Waals surface area contributed by atoms with Gasteiger partial charge in [-0.15, -0.1) is 0 Å². The number of nitrogens with one attached hydrogen (secondary N) is 1. The molecule has 0 saturated heterocycles. The summed E-state index contributed by atoms with van der Waals surface area (Å²) in [6.07, 6.45) is 6.16. The SMILES string of the molecule is Cc1ccnc(C(NC(=O)c2cncc(F)c2)C2CC2)n1. The number of hydrogen-bond acceptors (Lipinski definition) is 4. The van der Waals surface area contributed by atoms with Gasteiger partial charge < -0.3 is 5.32 Å². The predicted octanol–water partition coefficient (Wildman–Crippen LogP) is 2.20. The number of hydrogen-bond donors (Lipinski definition) is 1. The van der Waals surface area contributed by atoms with Crippen molar-refractivity contribution in [2.24, 2.45) is 5.92 Å². The van der Waals surface area contributed by atoms with Gasteiger partial charge in [-0.25, -0.2) is 14.4 Å². The molecule has 6 heteroatoms. The van der Waals surface area contributed by atoms with Crippen LogP contribution < -0.4 is 5.32 Å². The number of pyridine rings is 1. The molecular formula is C15H15FN4O. The molecule has 1 N–H and O–H groups in total. The van der Waals surface area contributed by atoms with E-state index in [1.165, 1.54) is 12.3 Å². The van der Waals surface area contributed by atoms with E-state index in [4.69, 9.17) is 0 Å². The molecule has 1 amide bonds. The largest absolute Gasteiger partial charge is 0.342 e. The molecular weight excluding hydrogens is 271 g/mol. The zero-order chi connectivity index (χ0) is 14.8. The van der Waals surface area contributed by atoms with Crippen LogP contribution in [0.15, 0.2) is 30.7 Å². The molecule has 1 fully saturated rings. The van der Waals surface area contributed by atoms with Gasteiger partial charge >= 0.3 is 0 Å². The maximum absolute atomic E-state index is 13.1. The monoisotopic (exact) mass is 286 g/mol. The van der Waals surface area contributed by atoms with Gasteiger partial charge in [-0.05, 0) is 37.8 Å². The maximum atomic E-state index is 13.1. The van der Waals surface area contributed by atoms with E-state index in [2.05, 4.69) is 20.3 Å². The number of carbonyl (C=O) groups excluding carboxylic acids is 1. The first kappa shape index (κ1) is 13.6. The Balaban J connectivity index is 1.81. The van der Waals surface area contributed by atoms with Gasteiger partial charge in [0.2, 0.25) is 0 Å². The molecule has 5 nitrogen and oxygen atoms in total. The van der Waals surface area contributed by atoms with Gasteiger partial charge in [-0.3, -0.25) is 9.78 Å². The van der Waals surface area contributed by atoms with Crippen molar-refractivity contribution in [1.82, 2.24) is 20.3 Å². The Labute approximate surface area is 121 Å². The van der Waals surface area contributed by atoms with Gasteiger partial charge in [0.05, 0.1) is 17.8 Å². The summed E-state index contributed by atoms with van der Waals surface area (Å²) in [6, 6.07) is 2.75. The summed E-state index contributed by atoms with van der Waals surface area (Å²) < 4.78 is 13.1. The molecule has 1 atom stereocenters. The topological polar surface area (TPSA) is 67.8 Å². The molecule has 2 aromatic rings. The van der Waals surface area contributed by atoms with E-state index >= 15 is 0 Å². The lowest BCUT2D eigenvalue weighted by molar-refractivity contribution is 0.0928. The molecule has 1 aliphatic carbocycles. The molecule has 0 spiro atoms. The highest BCUT2D eigenvalue weighted by molar-refractivity contribution is 5.94. The van der Waals surface area contributed by atoms with Crippen molar-refractivity contribution in [3.05, 3.63) is 53.6 Å². The molecule has 2 heterocycles. The molecule has 0 aromatic carbocycles. The zero-order valence-corrected chi connectivity index (χ0v) is 11.6. The van der Waals surface area contributed by atoms with E-state index in [0.29, 0.717) is 11.7 Å². The van der Waals surface area contributed by atoms with Crippen molar-refractivity contribution in [3.8, 4) is 0 Å². The van der Waals surface area contributed by atoms with Crippen molar-refractivity contribution >= 4 is 5.91 Å². The van der Waals surface area contributed by atoms with E-state index in [1.54, 1.807) is 6.20 Å². The van der Waals surface area contributed by atoms with Gasteiger partial charge in [0.25, 0.3) is 5.91 Å². The molecule has 1 unspecified atom stereocenters. The predicted molar refractivity (Wildman–Crippen MR) is 73.9 cm³/mol. The summed E-state index contributed by atoms with van der Waals surface area (Å²) in [5.74, 6) is 0.0638. The molecule has 3 rings (SSSR count). The Kier molecular flexibility index (Phi) is 3.60. The average molecular weight is 286 g/mol. The Bertz CT molecular complexity index is 672. The van der Waals surface area contributed by atoms with Crippen LogP contribution in [0.2, 0.25) is 0 Å². The van der Waals surface area contributed by atoms with Crippen LogP contribution >= 0.6 is 0 Å². The van der Waals surface area contributed by atoms with E-state index in [-0.39, 0.29) is 17.5 Å². The fraction of sp³-hybridized carbons (Fsp3) is 0.333. The summed E-state index contributed by atoms with van der Waals surface area (Å²) in [5, 5.41) is 2.90. The number of halogens is 1. The Morgan fingerprint density at radius 3 is 2.90 bits per heavy atom. The molecule has 0 radical (unpaired) electrons. The molecule has 1 aliphatic rings. The highest BCUT2D eigenvalue weighted by Crippen LogP contribution is 2.40. The van der Waals surface area contributed by atoms with Gasteiger partial charge in [-0.1, -0.05) is 0 Å². The Hall–Kier alpha value is -2.37. The van der Waals surface area contributed by atoms with E-state index in [9.17, 15) is 9.18 Å². The smallest absolute Gasteiger partial charge is 0.253 e. The minimum absolute atomic E-state index is 0.202. The number of rotatable bonds is 4. The van der Waals surface area contributed by atoms with Crippen LogP contribution in [0.1, 0.15) is 40.8 Å². The fourth-order valence-corrected chi connectivity index (χ4v) is 2.20. The second-order valence-corrected chi connectivity index (χ2v) is 5.24. The molecule has 2 aromatic heterocycles. The van der Waals surface area contributed by atoms with E-state index < -0.39 is 5.82 Å². The normalized spacial score (nSPS) is 15.5. The fourth-order valence-electron chi connectivity index (χ4n) is 2.20. The van der Waals surface area contributed by atoms with Crippen LogP contribution in [-0.2, 0) is 0 Å². The van der Waals surface area contributed by atoms with Crippen LogP contribution in [0.3, 0.4) is 0 Å². The molecule has 0 aliphatic heterocycles. The van der Waals surface area contributed by atoms with Crippen LogP contribution in [0.4, 0.5) is 4.39 Å². The van der Waals surface area contributed by atoms with Gasteiger partial charge in [0.15, 0.2) is 5.82 Å². The van der Waals surface area contributed by atoms with Crippen LogP contribution in [0.25, 0.3) is 0 Å². The van der Waals surface area contributed by atoms with E-state index in [0.717, 1.165) is 24.7 Å². The van der Waals surface area contributed by atoms with Gasteiger partial charge in [0.1, 0.15) is 5.82 Å². The third-order valence-electron chi connectivity index (χ3n) is 3.44. The zero-order valence-electron chi connectivity index (χ0n) is 11.6. The second kappa shape index (κ2) is 5.55. The lowest BCUT2D eigenvalue weighted by Gasteiger charge is -2.17. The van der Waals surface area contributed by atoms with Gasteiger partial charge in [-0.2, -0.15) is 0 Å². The highest BCUT2D eigenvalue weighted by atomic mass is 19.1. The number of aryl methyl sites for hydroxylation is 1. The van der Waals surface area contributed by atoms with Crippen LogP contribution in [0, 0.1) is 18.7 Å². The Morgan fingerprint density at radius 1 is 1.43 bits per heavy atom. The molecule has 21 heavy (non-hydrogen) atoms. The van der Waals surface area contributed by atoms with Crippen molar-refractivity contribution in [1.29, 1.82) is 0 Å². The first-order chi connectivity index (χ1) is 10.1. The van der Waals surface area contributed by atoms with Crippen molar-refractivity contribution in [2.45, 2.75) is 25.8 Å². The number of aromatic nitrogens is 3. The quantitative estimate of drug-likeness (QED) is 0.935. The molecule has 0 bridgehead atoms. The molecule has 108 valence electrons. The first-order valence-corrected chi connectivity index (χ1v) is 6.84. The average Bonchev–Trinajstić information content (AvgIpc) is 3.29. The van der Waals surface area contributed by atoms with Crippen molar-refractivity contribution in [3.63, 3.8) is 0 Å².